The number of sulfonamides is 1. The van der Waals surface area contributed by atoms with Gasteiger partial charge >= 0.3 is 0 Å². The van der Waals surface area contributed by atoms with Crippen molar-refractivity contribution in [2.24, 2.45) is 5.73 Å². The predicted molar refractivity (Wildman–Crippen MR) is 52.3 cm³/mol. The second kappa shape index (κ2) is 3.55. The van der Waals surface area contributed by atoms with E-state index >= 15 is 0 Å². The van der Waals surface area contributed by atoms with Crippen LogP contribution in [0.2, 0.25) is 0 Å². The maximum atomic E-state index is 12.0. The molecule has 0 unspecified atom stereocenters. The first kappa shape index (κ1) is 10.9. The van der Waals surface area contributed by atoms with Crippen molar-refractivity contribution in [2.75, 3.05) is 19.8 Å². The lowest BCUT2D eigenvalue weighted by atomic mass is 10.4. The highest BCUT2D eigenvalue weighted by Crippen LogP contribution is 2.26. The molecule has 13 heavy (non-hydrogen) atoms. The van der Waals surface area contributed by atoms with Crippen molar-refractivity contribution in [2.45, 2.75) is 31.9 Å². The van der Waals surface area contributed by atoms with Crippen LogP contribution < -0.4 is 5.73 Å². The maximum Gasteiger partial charge on any atom is 0.300 e. The van der Waals surface area contributed by atoms with E-state index < -0.39 is 10.0 Å². The molecule has 1 aliphatic heterocycles. The first-order valence-corrected chi connectivity index (χ1v) is 6.27. The highest BCUT2D eigenvalue weighted by atomic mass is 32.2. The molecule has 78 valence electrons. The summed E-state index contributed by atoms with van der Waals surface area (Å²) in [5.41, 5.74) is 5.59. The zero-order valence-corrected chi connectivity index (χ0v) is 9.18. The zero-order valence-electron chi connectivity index (χ0n) is 8.36. The van der Waals surface area contributed by atoms with Gasteiger partial charge in [-0.05, 0) is 13.8 Å². The fourth-order valence-electron chi connectivity index (χ4n) is 1.90. The van der Waals surface area contributed by atoms with Crippen LogP contribution in [-0.4, -0.2) is 37.3 Å². The largest absolute Gasteiger partial charge is 0.300 e. The number of hydrogen-bond donors (Lipinski definition) is 1. The topological polar surface area (TPSA) is 60.2 Å². The number of likely N-dealkylation sites (tertiary alicyclic amines) is 1. The van der Waals surface area contributed by atoms with Crippen molar-refractivity contribution in [3.63, 3.8) is 0 Å². The summed E-state index contributed by atoms with van der Waals surface area (Å²) < 4.78 is 24.1. The Kier molecular flexibility index (Phi) is 2.99. The SMILES string of the molecule is CC(C)S(=O)(=O)[N+]1(CN)CCCC1. The summed E-state index contributed by atoms with van der Waals surface area (Å²) in [5, 5.41) is -0.325. The second-order valence-electron chi connectivity index (χ2n) is 3.96. The molecule has 0 aliphatic carbocycles. The van der Waals surface area contributed by atoms with Gasteiger partial charge in [-0.15, -0.1) is 0 Å². The molecular formula is C8H19N2O2S+. The Morgan fingerprint density at radius 3 is 2.08 bits per heavy atom. The molecule has 1 aliphatic rings. The van der Waals surface area contributed by atoms with Crippen LogP contribution in [0.15, 0.2) is 0 Å². The average Bonchev–Trinajstić information content (AvgIpc) is 2.53. The first-order chi connectivity index (χ1) is 5.96. The fraction of sp³-hybridized carbons (Fsp3) is 1.00. The van der Waals surface area contributed by atoms with Gasteiger partial charge in [0.25, 0.3) is 10.0 Å². The van der Waals surface area contributed by atoms with Crippen LogP contribution in [0, 0.1) is 0 Å². The number of quaternary nitrogens is 1. The Morgan fingerprint density at radius 1 is 1.31 bits per heavy atom. The zero-order chi connectivity index (χ0) is 10.1. The fourth-order valence-corrected chi connectivity index (χ4v) is 3.77. The molecule has 5 heteroatoms. The van der Waals surface area contributed by atoms with E-state index in [9.17, 15) is 8.42 Å². The minimum atomic E-state index is -3.08. The van der Waals surface area contributed by atoms with Crippen LogP contribution in [0.25, 0.3) is 0 Å². The van der Waals surface area contributed by atoms with Crippen molar-refractivity contribution in [1.29, 1.82) is 0 Å². The molecule has 0 radical (unpaired) electrons. The summed E-state index contributed by atoms with van der Waals surface area (Å²) >= 11 is 0. The molecule has 0 bridgehead atoms. The van der Waals surface area contributed by atoms with Gasteiger partial charge in [0.05, 0.1) is 13.1 Å². The third-order valence-electron chi connectivity index (χ3n) is 2.85. The number of hydrogen-bond acceptors (Lipinski definition) is 3. The lowest BCUT2D eigenvalue weighted by Gasteiger charge is -2.32. The van der Waals surface area contributed by atoms with E-state index in [1.165, 1.54) is 0 Å². The minimum Gasteiger partial charge on any atom is -0.283 e. The van der Waals surface area contributed by atoms with E-state index in [4.69, 9.17) is 5.73 Å². The van der Waals surface area contributed by atoms with Gasteiger partial charge in [-0.2, -0.15) is 8.42 Å². The van der Waals surface area contributed by atoms with Crippen LogP contribution in [0.1, 0.15) is 26.7 Å². The number of nitrogens with two attached hydrogens (primary N) is 1. The highest BCUT2D eigenvalue weighted by Gasteiger charge is 2.44. The number of nitrogens with zero attached hydrogens (tertiary/aromatic N) is 1. The highest BCUT2D eigenvalue weighted by molar-refractivity contribution is 7.86. The van der Waals surface area contributed by atoms with Crippen LogP contribution >= 0.6 is 0 Å². The van der Waals surface area contributed by atoms with Crippen molar-refractivity contribution in [3.8, 4) is 0 Å². The van der Waals surface area contributed by atoms with E-state index in [1.54, 1.807) is 13.8 Å². The Labute approximate surface area is 80.4 Å². The Balaban J connectivity index is 3.01. The molecule has 4 nitrogen and oxygen atoms in total. The molecule has 0 amide bonds. The summed E-state index contributed by atoms with van der Waals surface area (Å²) in [6.07, 6.45) is 1.95. The normalized spacial score (nSPS) is 22.5. The molecule has 0 aromatic heterocycles. The third-order valence-corrected chi connectivity index (χ3v) is 5.63. The average molecular weight is 207 g/mol. The Morgan fingerprint density at radius 2 is 1.77 bits per heavy atom. The standard InChI is InChI=1S/C8H19N2O2S/c1-8(2)13(11,12)10(7-9)5-3-4-6-10/h8H,3-7,9H2,1-2H3/q+1. The van der Waals surface area contributed by atoms with Gasteiger partial charge in [0.15, 0.2) is 0 Å². The Hall–Kier alpha value is -0.130. The van der Waals surface area contributed by atoms with Gasteiger partial charge in [-0.3, -0.25) is 5.73 Å². The van der Waals surface area contributed by atoms with E-state index in [-0.39, 0.29) is 15.8 Å². The molecule has 0 aromatic rings. The lowest BCUT2D eigenvalue weighted by molar-refractivity contribution is -0.792. The molecule has 2 N–H and O–H groups in total. The van der Waals surface area contributed by atoms with Crippen molar-refractivity contribution >= 4 is 10.0 Å². The van der Waals surface area contributed by atoms with Gasteiger partial charge < -0.3 is 0 Å². The molecule has 0 spiro atoms. The second-order valence-corrected chi connectivity index (χ2v) is 6.71. The predicted octanol–water partition coefficient (Wildman–Crippen LogP) is 0.251. The summed E-state index contributed by atoms with van der Waals surface area (Å²) in [5.74, 6) is 0. The van der Waals surface area contributed by atoms with Crippen LogP contribution in [0.5, 0.6) is 0 Å². The van der Waals surface area contributed by atoms with Gasteiger partial charge in [0.2, 0.25) is 0 Å². The van der Waals surface area contributed by atoms with Crippen LogP contribution in [0.4, 0.5) is 0 Å². The molecule has 1 heterocycles. The van der Waals surface area contributed by atoms with E-state index in [2.05, 4.69) is 0 Å². The maximum absolute atomic E-state index is 12.0. The van der Waals surface area contributed by atoms with Gasteiger partial charge in [0.1, 0.15) is 11.9 Å². The van der Waals surface area contributed by atoms with Gasteiger partial charge in [0, 0.05) is 12.8 Å². The Bertz CT molecular complexity index is 266. The quantitative estimate of drug-likeness (QED) is 0.675. The van der Waals surface area contributed by atoms with Crippen LogP contribution in [0.3, 0.4) is 0 Å². The molecule has 0 atom stereocenters. The van der Waals surface area contributed by atoms with Crippen molar-refractivity contribution in [1.82, 2.24) is 0 Å². The summed E-state index contributed by atoms with van der Waals surface area (Å²) in [6.45, 7) is 5.06. The number of rotatable bonds is 3. The molecule has 1 rings (SSSR count). The van der Waals surface area contributed by atoms with Gasteiger partial charge in [-0.1, -0.05) is 0 Å². The van der Waals surface area contributed by atoms with Gasteiger partial charge in [-0.25, -0.2) is 3.89 Å². The van der Waals surface area contributed by atoms with E-state index in [0.717, 1.165) is 12.8 Å². The molecular weight excluding hydrogens is 188 g/mol. The smallest absolute Gasteiger partial charge is 0.283 e. The van der Waals surface area contributed by atoms with E-state index in [0.29, 0.717) is 13.1 Å². The summed E-state index contributed by atoms with van der Waals surface area (Å²) in [6, 6.07) is 0. The molecule has 0 aromatic carbocycles. The van der Waals surface area contributed by atoms with Crippen molar-refractivity contribution < 1.29 is 12.3 Å². The van der Waals surface area contributed by atoms with Crippen LogP contribution in [-0.2, 0) is 10.0 Å². The molecule has 1 fully saturated rings. The monoisotopic (exact) mass is 207 g/mol. The third kappa shape index (κ3) is 1.60. The molecule has 1 saturated heterocycles. The van der Waals surface area contributed by atoms with Crippen molar-refractivity contribution in [3.05, 3.63) is 0 Å². The molecule has 0 saturated carbocycles. The summed E-state index contributed by atoms with van der Waals surface area (Å²) in [7, 11) is -3.08. The minimum absolute atomic E-state index is 0.102. The van der Waals surface area contributed by atoms with E-state index in [1.807, 2.05) is 0 Å². The lowest BCUT2D eigenvalue weighted by Crippen LogP contribution is -2.56. The summed E-state index contributed by atoms with van der Waals surface area (Å²) in [4.78, 5) is 0. The first-order valence-electron chi connectivity index (χ1n) is 4.76.